The van der Waals surface area contributed by atoms with E-state index in [9.17, 15) is 18.8 Å². The molecule has 1 aromatic carbocycles. The lowest BCUT2D eigenvalue weighted by Crippen LogP contribution is -2.34. The van der Waals surface area contributed by atoms with Crippen LogP contribution in [-0.4, -0.2) is 29.0 Å². The number of rotatable bonds is 4. The van der Waals surface area contributed by atoms with Crippen molar-refractivity contribution in [2.24, 2.45) is 0 Å². The molecule has 1 aliphatic heterocycles. The van der Waals surface area contributed by atoms with Crippen molar-refractivity contribution in [3.63, 3.8) is 0 Å². The number of carbonyl (C=O) groups is 3. The Balaban J connectivity index is 1.69. The number of ether oxygens (including phenoxy) is 1. The third kappa shape index (κ3) is 3.71. The van der Waals surface area contributed by atoms with E-state index in [1.54, 1.807) is 6.92 Å². The number of halogens is 1. The molecule has 0 aliphatic carbocycles. The molecule has 26 heavy (non-hydrogen) atoms. The van der Waals surface area contributed by atoms with Crippen molar-refractivity contribution in [1.82, 2.24) is 5.16 Å². The minimum Gasteiger partial charge on any atom is -0.452 e. The quantitative estimate of drug-likeness (QED) is 0.807. The van der Waals surface area contributed by atoms with E-state index in [1.165, 1.54) is 25.1 Å². The molecule has 2 N–H and O–H groups in total. The van der Waals surface area contributed by atoms with Gasteiger partial charge in [-0.05, 0) is 31.5 Å². The second-order valence-electron chi connectivity index (χ2n) is 5.93. The van der Waals surface area contributed by atoms with E-state index in [0.717, 1.165) is 6.07 Å². The van der Waals surface area contributed by atoms with Crippen LogP contribution in [0.3, 0.4) is 0 Å². The topological polar surface area (TPSA) is 111 Å². The number of carbonyl (C=O) groups excluding carboxylic acids is 3. The van der Waals surface area contributed by atoms with Gasteiger partial charge in [0.15, 0.2) is 11.9 Å². The highest BCUT2D eigenvalue weighted by atomic mass is 19.1. The maximum absolute atomic E-state index is 13.3. The first-order chi connectivity index (χ1) is 12.3. The Morgan fingerprint density at radius 1 is 1.42 bits per heavy atom. The Labute approximate surface area is 147 Å². The molecule has 0 bridgehead atoms. The number of hydrogen-bond donors (Lipinski definition) is 2. The normalized spacial score (nSPS) is 17.0. The van der Waals surface area contributed by atoms with Gasteiger partial charge in [0.25, 0.3) is 5.91 Å². The fourth-order valence-corrected chi connectivity index (χ4v) is 2.61. The summed E-state index contributed by atoms with van der Waals surface area (Å²) in [7, 11) is 0. The first kappa shape index (κ1) is 17.6. The number of esters is 1. The van der Waals surface area contributed by atoms with Gasteiger partial charge >= 0.3 is 5.97 Å². The summed E-state index contributed by atoms with van der Waals surface area (Å²) in [5, 5.41) is 8.59. The molecule has 9 heteroatoms. The third-order valence-corrected chi connectivity index (χ3v) is 3.88. The van der Waals surface area contributed by atoms with Crippen molar-refractivity contribution in [2.75, 3.05) is 10.6 Å². The van der Waals surface area contributed by atoms with Crippen molar-refractivity contribution in [3.8, 4) is 0 Å². The van der Waals surface area contributed by atoms with E-state index in [0.29, 0.717) is 11.3 Å². The van der Waals surface area contributed by atoms with Gasteiger partial charge in [0, 0.05) is 18.2 Å². The molecule has 0 fully saturated rings. The summed E-state index contributed by atoms with van der Waals surface area (Å²) >= 11 is 0. The highest BCUT2D eigenvalue weighted by Gasteiger charge is 2.34. The van der Waals surface area contributed by atoms with Crippen LogP contribution in [0.1, 0.15) is 30.6 Å². The average Bonchev–Trinajstić information content (AvgIpc) is 2.98. The molecule has 0 unspecified atom stereocenters. The maximum atomic E-state index is 13.3. The van der Waals surface area contributed by atoms with Crippen LogP contribution in [0.4, 0.5) is 15.9 Å². The SMILES string of the molecule is Cc1cc(NC(=O)[C@@H](C)OC(=O)[C@H]2CC(=O)Nc3cc(F)ccc32)no1. The third-order valence-electron chi connectivity index (χ3n) is 3.88. The van der Waals surface area contributed by atoms with Gasteiger partial charge in [-0.15, -0.1) is 0 Å². The van der Waals surface area contributed by atoms with Crippen LogP contribution >= 0.6 is 0 Å². The predicted molar refractivity (Wildman–Crippen MR) is 87.8 cm³/mol. The van der Waals surface area contributed by atoms with Crippen LogP contribution in [0.15, 0.2) is 28.8 Å². The van der Waals surface area contributed by atoms with Gasteiger partial charge < -0.3 is 19.9 Å². The molecule has 0 radical (unpaired) electrons. The van der Waals surface area contributed by atoms with Gasteiger partial charge in [-0.1, -0.05) is 11.2 Å². The lowest BCUT2D eigenvalue weighted by molar-refractivity contribution is -0.155. The molecule has 1 aliphatic rings. The van der Waals surface area contributed by atoms with Crippen molar-refractivity contribution >= 4 is 29.3 Å². The van der Waals surface area contributed by atoms with Crippen LogP contribution < -0.4 is 10.6 Å². The molecule has 1 aromatic heterocycles. The Morgan fingerprint density at radius 3 is 2.88 bits per heavy atom. The molecule has 2 amide bonds. The number of aryl methyl sites for hydroxylation is 1. The highest BCUT2D eigenvalue weighted by molar-refractivity contribution is 6.01. The lowest BCUT2D eigenvalue weighted by atomic mass is 9.90. The van der Waals surface area contributed by atoms with Gasteiger partial charge in [-0.3, -0.25) is 14.4 Å². The number of fused-ring (bicyclic) bond motifs is 1. The molecule has 8 nitrogen and oxygen atoms in total. The van der Waals surface area contributed by atoms with Crippen LogP contribution in [0, 0.1) is 12.7 Å². The second-order valence-corrected chi connectivity index (χ2v) is 5.93. The monoisotopic (exact) mass is 361 g/mol. The number of anilines is 2. The van der Waals surface area contributed by atoms with Gasteiger partial charge in [0.2, 0.25) is 5.91 Å². The summed E-state index contributed by atoms with van der Waals surface area (Å²) in [5.74, 6) is -2.49. The molecule has 2 aromatic rings. The first-order valence-corrected chi connectivity index (χ1v) is 7.87. The van der Waals surface area contributed by atoms with E-state index < -0.39 is 35.6 Å². The van der Waals surface area contributed by atoms with Gasteiger partial charge in [-0.2, -0.15) is 0 Å². The standard InChI is InChI=1S/C17H16FN3O5/c1-8-5-14(21-26-8)20-16(23)9(2)25-17(24)12-7-15(22)19-13-6-10(18)3-4-11(12)13/h3-6,9,12H,7H2,1-2H3,(H,19,22)(H,20,21,23)/t9-,12+/m1/s1. The Hall–Kier alpha value is -3.23. The fraction of sp³-hybridized carbons (Fsp3) is 0.294. The number of benzene rings is 1. The number of aromatic nitrogens is 1. The Kier molecular flexibility index (Phi) is 4.70. The predicted octanol–water partition coefficient (Wildman–Crippen LogP) is 2.12. The maximum Gasteiger partial charge on any atom is 0.314 e. The second kappa shape index (κ2) is 6.95. The molecular weight excluding hydrogens is 345 g/mol. The molecule has 2 heterocycles. The smallest absolute Gasteiger partial charge is 0.314 e. The molecule has 3 rings (SSSR count). The zero-order chi connectivity index (χ0) is 18.8. The lowest BCUT2D eigenvalue weighted by Gasteiger charge is -2.25. The summed E-state index contributed by atoms with van der Waals surface area (Å²) in [6, 6.07) is 5.26. The number of nitrogens with one attached hydrogen (secondary N) is 2. The largest absolute Gasteiger partial charge is 0.452 e. The van der Waals surface area contributed by atoms with Gasteiger partial charge in [0.05, 0.1) is 5.92 Å². The first-order valence-electron chi connectivity index (χ1n) is 7.87. The Bertz CT molecular complexity index is 879. The summed E-state index contributed by atoms with van der Waals surface area (Å²) in [6.07, 6.45) is -1.26. The van der Waals surface area contributed by atoms with E-state index in [4.69, 9.17) is 9.26 Å². The minimum atomic E-state index is -1.12. The highest BCUT2D eigenvalue weighted by Crippen LogP contribution is 2.33. The molecule has 0 saturated carbocycles. The zero-order valence-electron chi connectivity index (χ0n) is 14.0. The van der Waals surface area contributed by atoms with Crippen molar-refractivity contribution in [1.29, 1.82) is 0 Å². The van der Waals surface area contributed by atoms with E-state index in [-0.39, 0.29) is 17.9 Å². The fourth-order valence-electron chi connectivity index (χ4n) is 2.61. The van der Waals surface area contributed by atoms with Gasteiger partial charge in [0.1, 0.15) is 11.6 Å². The van der Waals surface area contributed by atoms with Crippen molar-refractivity contribution in [2.45, 2.75) is 32.3 Å². The number of amides is 2. The molecule has 136 valence electrons. The number of nitrogens with zero attached hydrogens (tertiary/aromatic N) is 1. The molecule has 0 saturated heterocycles. The van der Waals surface area contributed by atoms with Crippen LogP contribution in [-0.2, 0) is 19.1 Å². The van der Waals surface area contributed by atoms with E-state index in [1.807, 2.05) is 0 Å². The summed E-state index contributed by atoms with van der Waals surface area (Å²) in [5.41, 5.74) is 0.661. The molecule has 2 atom stereocenters. The van der Waals surface area contributed by atoms with Crippen LogP contribution in [0.5, 0.6) is 0 Å². The van der Waals surface area contributed by atoms with Gasteiger partial charge in [-0.25, -0.2) is 4.39 Å². The van der Waals surface area contributed by atoms with E-state index in [2.05, 4.69) is 15.8 Å². The van der Waals surface area contributed by atoms with Crippen molar-refractivity contribution in [3.05, 3.63) is 41.4 Å². The summed E-state index contributed by atoms with van der Waals surface area (Å²) < 4.78 is 23.4. The summed E-state index contributed by atoms with van der Waals surface area (Å²) in [6.45, 7) is 3.06. The molecule has 0 spiro atoms. The van der Waals surface area contributed by atoms with Crippen LogP contribution in [0.25, 0.3) is 0 Å². The summed E-state index contributed by atoms with van der Waals surface area (Å²) in [4.78, 5) is 36.3. The zero-order valence-corrected chi connectivity index (χ0v) is 14.0. The Morgan fingerprint density at radius 2 is 2.19 bits per heavy atom. The average molecular weight is 361 g/mol. The van der Waals surface area contributed by atoms with E-state index >= 15 is 0 Å². The number of hydrogen-bond acceptors (Lipinski definition) is 6. The van der Waals surface area contributed by atoms with Crippen LogP contribution in [0.2, 0.25) is 0 Å². The van der Waals surface area contributed by atoms with Crippen molar-refractivity contribution < 1.29 is 28.0 Å². The molecular formula is C17H16FN3O5. The minimum absolute atomic E-state index is 0.145.